The van der Waals surface area contributed by atoms with Crippen LogP contribution in [0.25, 0.3) is 66.3 Å². The van der Waals surface area contributed by atoms with Gasteiger partial charge in [-0.1, -0.05) is 148 Å². The van der Waals surface area contributed by atoms with E-state index >= 15 is 0 Å². The minimum Gasteiger partial charge on any atom is -0.456 e. The van der Waals surface area contributed by atoms with E-state index in [-0.39, 0.29) is 11.3 Å². The van der Waals surface area contributed by atoms with E-state index in [1.54, 1.807) is 0 Å². The lowest BCUT2D eigenvalue weighted by atomic mass is 9.79. The van der Waals surface area contributed by atoms with E-state index in [4.69, 9.17) is 14.4 Å². The van der Waals surface area contributed by atoms with Gasteiger partial charge in [-0.2, -0.15) is 0 Å². The molecule has 1 unspecified atom stereocenters. The number of para-hydroxylation sites is 2. The lowest BCUT2D eigenvalue weighted by Crippen LogP contribution is -2.17. The van der Waals surface area contributed by atoms with Gasteiger partial charge >= 0.3 is 0 Å². The first-order chi connectivity index (χ1) is 27.5. The lowest BCUT2D eigenvalue weighted by molar-refractivity contribution is 0.660. The molecule has 56 heavy (non-hydrogen) atoms. The SMILES string of the molecule is CC1CC=C(c2ccccc2)N=C(c2cccc(-n3c4ccccc4c4c5c(ccc43)-c3ccc4oc6ccccc6c4c3C5(C)C)c2)N=C1c1ccccc1. The van der Waals surface area contributed by atoms with E-state index in [0.29, 0.717) is 5.84 Å². The standard InChI is InChI=1S/C52H39N3O/c1-32-25-28-41(33-15-6-4-7-16-33)53-51(54-50(32)34-17-8-5-9-18-34)35-19-14-20-36(31-35)55-42-23-12-10-21-39(42)46-43(55)29-26-37-38-27-30-45-47(49(38)52(2,3)48(37)46)40-22-11-13-24-44(40)56-45/h4-24,26-32H,25H2,1-3H3. The molecule has 0 amide bonds. The summed E-state index contributed by atoms with van der Waals surface area (Å²) in [4.78, 5) is 10.8. The Kier molecular flexibility index (Phi) is 7.21. The van der Waals surface area contributed by atoms with E-state index in [2.05, 4.69) is 189 Å². The third kappa shape index (κ3) is 4.85. The summed E-state index contributed by atoms with van der Waals surface area (Å²) in [6, 6.07) is 56.2. The minimum atomic E-state index is -0.278. The normalized spacial score (nSPS) is 16.3. The first-order valence-corrected chi connectivity index (χ1v) is 19.6. The van der Waals surface area contributed by atoms with Crippen LogP contribution in [-0.2, 0) is 5.41 Å². The quantitative estimate of drug-likeness (QED) is 0.178. The van der Waals surface area contributed by atoms with Crippen molar-refractivity contribution in [2.45, 2.75) is 32.6 Å². The number of benzene rings is 7. The van der Waals surface area contributed by atoms with Crippen LogP contribution in [0.1, 0.15) is 55.0 Å². The number of furan rings is 1. The molecule has 0 spiro atoms. The molecule has 0 N–H and O–H groups in total. The van der Waals surface area contributed by atoms with Crippen molar-refractivity contribution in [1.82, 2.24) is 4.57 Å². The van der Waals surface area contributed by atoms with E-state index in [0.717, 1.165) is 51.4 Å². The van der Waals surface area contributed by atoms with Crippen molar-refractivity contribution in [2.24, 2.45) is 15.9 Å². The molecule has 0 bridgehead atoms. The second-order valence-electron chi connectivity index (χ2n) is 15.8. The van der Waals surface area contributed by atoms with Gasteiger partial charge in [-0.05, 0) is 76.2 Å². The Morgan fingerprint density at radius 3 is 2.04 bits per heavy atom. The van der Waals surface area contributed by atoms with Gasteiger partial charge in [0.2, 0.25) is 0 Å². The molecule has 2 aromatic heterocycles. The molecule has 268 valence electrons. The zero-order chi connectivity index (χ0) is 37.5. The molecule has 7 aromatic carbocycles. The van der Waals surface area contributed by atoms with Gasteiger partial charge in [-0.15, -0.1) is 0 Å². The molecule has 11 rings (SSSR count). The van der Waals surface area contributed by atoms with E-state index < -0.39 is 0 Å². The average Bonchev–Trinajstić information content (AvgIpc) is 3.85. The number of hydrogen-bond acceptors (Lipinski definition) is 3. The Morgan fingerprint density at radius 2 is 1.23 bits per heavy atom. The predicted octanol–water partition coefficient (Wildman–Crippen LogP) is 13.3. The van der Waals surface area contributed by atoms with Crippen LogP contribution in [0.5, 0.6) is 0 Å². The van der Waals surface area contributed by atoms with Gasteiger partial charge in [-0.3, -0.25) is 0 Å². The maximum absolute atomic E-state index is 6.41. The molecular formula is C52H39N3O. The minimum absolute atomic E-state index is 0.206. The molecule has 9 aromatic rings. The molecule has 1 aliphatic carbocycles. The first kappa shape index (κ1) is 32.6. The van der Waals surface area contributed by atoms with E-state index in [9.17, 15) is 0 Å². The highest BCUT2D eigenvalue weighted by Crippen LogP contribution is 2.56. The molecule has 3 heterocycles. The van der Waals surface area contributed by atoms with Gasteiger partial charge in [-0.25, -0.2) is 9.98 Å². The van der Waals surface area contributed by atoms with Gasteiger partial charge < -0.3 is 8.98 Å². The molecule has 0 radical (unpaired) electrons. The first-order valence-electron chi connectivity index (χ1n) is 19.6. The molecule has 4 nitrogen and oxygen atoms in total. The number of aliphatic imine (C=N–C) groups is 2. The van der Waals surface area contributed by atoms with Crippen LogP contribution in [0.4, 0.5) is 0 Å². The summed E-state index contributed by atoms with van der Waals surface area (Å²) in [5.41, 5.74) is 15.5. The Hall–Kier alpha value is -6.78. The van der Waals surface area contributed by atoms with E-state index in [1.807, 2.05) is 0 Å². The number of aromatic nitrogens is 1. The summed E-state index contributed by atoms with van der Waals surface area (Å²) in [6.07, 6.45) is 3.12. The molecule has 2 aliphatic rings. The Morgan fingerprint density at radius 1 is 0.571 bits per heavy atom. The zero-order valence-electron chi connectivity index (χ0n) is 31.6. The molecular weight excluding hydrogens is 683 g/mol. The Labute approximate surface area is 325 Å². The summed E-state index contributed by atoms with van der Waals surface area (Å²) in [5, 5.41) is 4.93. The lowest BCUT2D eigenvalue weighted by Gasteiger charge is -2.23. The average molecular weight is 722 g/mol. The Bertz CT molecular complexity index is 3140. The zero-order valence-corrected chi connectivity index (χ0v) is 31.6. The topological polar surface area (TPSA) is 42.8 Å². The van der Waals surface area contributed by atoms with Gasteiger partial charge in [0.05, 0.1) is 22.4 Å². The van der Waals surface area contributed by atoms with Crippen LogP contribution in [0.3, 0.4) is 0 Å². The van der Waals surface area contributed by atoms with E-state index in [1.165, 1.54) is 54.8 Å². The smallest absolute Gasteiger partial charge is 0.160 e. The Balaban J connectivity index is 1.13. The van der Waals surface area contributed by atoms with Crippen LogP contribution in [-0.4, -0.2) is 16.1 Å². The maximum atomic E-state index is 6.41. The van der Waals surface area contributed by atoms with Crippen molar-refractivity contribution in [3.8, 4) is 16.8 Å². The van der Waals surface area contributed by atoms with Crippen molar-refractivity contribution in [3.05, 3.63) is 192 Å². The fraction of sp³-hybridized carbons (Fsp3) is 0.115. The summed E-state index contributed by atoms with van der Waals surface area (Å²) in [7, 11) is 0. The fourth-order valence-electron chi connectivity index (χ4n) is 9.50. The monoisotopic (exact) mass is 721 g/mol. The molecule has 0 saturated carbocycles. The number of hydrogen-bond donors (Lipinski definition) is 0. The number of allylic oxidation sites excluding steroid dienone is 1. The van der Waals surface area contributed by atoms with Crippen molar-refractivity contribution in [3.63, 3.8) is 0 Å². The fourth-order valence-corrected chi connectivity index (χ4v) is 9.50. The largest absolute Gasteiger partial charge is 0.456 e. The van der Waals surface area contributed by atoms with Crippen LogP contribution in [0, 0.1) is 5.92 Å². The molecule has 1 aliphatic heterocycles. The second-order valence-corrected chi connectivity index (χ2v) is 15.8. The number of amidine groups is 1. The molecule has 1 atom stereocenters. The highest BCUT2D eigenvalue weighted by Gasteiger charge is 2.40. The van der Waals surface area contributed by atoms with Crippen LogP contribution in [0.2, 0.25) is 0 Å². The summed E-state index contributed by atoms with van der Waals surface area (Å²) in [5.74, 6) is 0.917. The summed E-state index contributed by atoms with van der Waals surface area (Å²) < 4.78 is 8.84. The number of rotatable bonds is 4. The number of fused-ring (bicyclic) bond motifs is 11. The van der Waals surface area contributed by atoms with Gasteiger partial charge in [0.1, 0.15) is 11.2 Å². The van der Waals surface area contributed by atoms with Crippen molar-refractivity contribution in [2.75, 3.05) is 0 Å². The van der Waals surface area contributed by atoms with Gasteiger partial charge in [0.25, 0.3) is 0 Å². The third-order valence-electron chi connectivity index (χ3n) is 12.0. The second kappa shape index (κ2) is 12.4. The highest BCUT2D eigenvalue weighted by molar-refractivity contribution is 6.18. The molecule has 0 saturated heterocycles. The summed E-state index contributed by atoms with van der Waals surface area (Å²) >= 11 is 0. The van der Waals surface area contributed by atoms with Crippen LogP contribution < -0.4 is 0 Å². The number of nitrogens with zero attached hydrogens (tertiary/aromatic N) is 3. The third-order valence-corrected chi connectivity index (χ3v) is 12.0. The molecule has 0 fully saturated rings. The maximum Gasteiger partial charge on any atom is 0.160 e. The van der Waals surface area contributed by atoms with Gasteiger partial charge in [0, 0.05) is 44.1 Å². The highest BCUT2D eigenvalue weighted by atomic mass is 16.3. The summed E-state index contributed by atoms with van der Waals surface area (Å²) in [6.45, 7) is 7.04. The molecule has 4 heteroatoms. The van der Waals surface area contributed by atoms with Crippen molar-refractivity contribution < 1.29 is 4.42 Å². The van der Waals surface area contributed by atoms with Gasteiger partial charge in [0.15, 0.2) is 5.84 Å². The predicted molar refractivity (Wildman–Crippen MR) is 233 cm³/mol. The van der Waals surface area contributed by atoms with Crippen LogP contribution >= 0.6 is 0 Å². The van der Waals surface area contributed by atoms with Crippen molar-refractivity contribution in [1.29, 1.82) is 0 Å². The van der Waals surface area contributed by atoms with Crippen LogP contribution in [0.15, 0.2) is 178 Å². The van der Waals surface area contributed by atoms with Crippen molar-refractivity contribution >= 4 is 61.0 Å².